The molecule has 0 fully saturated rings. The largest absolute Gasteiger partial charge is 0.491 e. The van der Waals surface area contributed by atoms with Gasteiger partial charge in [0.2, 0.25) is 5.91 Å². The van der Waals surface area contributed by atoms with E-state index in [1.165, 1.54) is 0 Å². The van der Waals surface area contributed by atoms with Gasteiger partial charge < -0.3 is 19.8 Å². The molecule has 0 aliphatic carbocycles. The maximum Gasteiger partial charge on any atom is 0.228 e. The van der Waals surface area contributed by atoms with Crippen LogP contribution >= 0.6 is 0 Å². The molecule has 2 N–H and O–H groups in total. The average Bonchev–Trinajstić information content (AvgIpc) is 3.00. The molecule has 2 aromatic carbocycles. The van der Waals surface area contributed by atoms with Gasteiger partial charge in [-0.1, -0.05) is 18.2 Å². The Balaban J connectivity index is 1.58. The van der Waals surface area contributed by atoms with Crippen molar-refractivity contribution in [2.75, 3.05) is 25.6 Å². The zero-order valence-corrected chi connectivity index (χ0v) is 13.5. The number of fused-ring (bicyclic) bond motifs is 1. The van der Waals surface area contributed by atoms with Gasteiger partial charge in [-0.3, -0.25) is 4.79 Å². The van der Waals surface area contributed by atoms with Gasteiger partial charge in [0.25, 0.3) is 0 Å². The van der Waals surface area contributed by atoms with E-state index in [0.717, 1.165) is 27.9 Å². The van der Waals surface area contributed by atoms with E-state index in [0.29, 0.717) is 19.6 Å². The fourth-order valence-corrected chi connectivity index (χ4v) is 2.53. The second-order valence-electron chi connectivity index (χ2n) is 5.45. The molecule has 3 rings (SSSR count). The molecule has 0 bridgehead atoms. The van der Waals surface area contributed by atoms with E-state index in [1.54, 1.807) is 7.11 Å². The van der Waals surface area contributed by atoms with E-state index in [9.17, 15) is 4.79 Å². The predicted octanol–water partition coefficient (Wildman–Crippen LogP) is 3.37. The molecule has 0 saturated heterocycles. The minimum absolute atomic E-state index is 0.0483. The third-order valence-electron chi connectivity index (χ3n) is 3.72. The van der Waals surface area contributed by atoms with E-state index in [1.807, 2.05) is 54.7 Å². The number of carbonyl (C=O) groups excluding carboxylic acids is 1. The minimum atomic E-state index is -0.0483. The Bertz CT molecular complexity index is 809. The number of ether oxygens (including phenoxy) is 2. The highest BCUT2D eigenvalue weighted by Crippen LogP contribution is 2.19. The van der Waals surface area contributed by atoms with Crippen LogP contribution in [0.3, 0.4) is 0 Å². The van der Waals surface area contributed by atoms with Gasteiger partial charge in [-0.2, -0.15) is 0 Å². The fourth-order valence-electron chi connectivity index (χ4n) is 2.53. The maximum absolute atomic E-state index is 12.2. The summed E-state index contributed by atoms with van der Waals surface area (Å²) in [5, 5.41) is 3.98. The Morgan fingerprint density at radius 3 is 2.67 bits per heavy atom. The van der Waals surface area contributed by atoms with E-state index < -0.39 is 0 Å². The van der Waals surface area contributed by atoms with Gasteiger partial charge in [-0.25, -0.2) is 0 Å². The van der Waals surface area contributed by atoms with Crippen LogP contribution in [0, 0.1) is 0 Å². The topological polar surface area (TPSA) is 63.4 Å². The van der Waals surface area contributed by atoms with Crippen LogP contribution in [0.2, 0.25) is 0 Å². The Kier molecular flexibility index (Phi) is 5.13. The Morgan fingerprint density at radius 1 is 1.08 bits per heavy atom. The lowest BCUT2D eigenvalue weighted by Gasteiger charge is -2.08. The quantitative estimate of drug-likeness (QED) is 0.655. The summed E-state index contributed by atoms with van der Waals surface area (Å²) in [6, 6.07) is 15.3. The first kappa shape index (κ1) is 16.1. The van der Waals surface area contributed by atoms with Crippen molar-refractivity contribution in [3.8, 4) is 5.75 Å². The summed E-state index contributed by atoms with van der Waals surface area (Å²) < 4.78 is 10.4. The zero-order chi connectivity index (χ0) is 16.8. The van der Waals surface area contributed by atoms with Crippen LogP contribution in [-0.2, 0) is 16.0 Å². The van der Waals surface area contributed by atoms with Crippen LogP contribution in [0.15, 0.2) is 54.7 Å². The molecule has 0 saturated carbocycles. The van der Waals surface area contributed by atoms with Gasteiger partial charge in [0.1, 0.15) is 12.4 Å². The molecule has 24 heavy (non-hydrogen) atoms. The molecule has 0 radical (unpaired) electrons. The van der Waals surface area contributed by atoms with Crippen molar-refractivity contribution in [3.63, 3.8) is 0 Å². The van der Waals surface area contributed by atoms with Crippen LogP contribution in [0.25, 0.3) is 10.9 Å². The number of para-hydroxylation sites is 1. The molecule has 5 heteroatoms. The SMILES string of the molecule is COCCOc1ccc(NC(=O)Cc2c[nH]c3ccccc23)cc1. The molecule has 0 aliphatic rings. The van der Waals surface area contributed by atoms with E-state index in [2.05, 4.69) is 10.3 Å². The molecule has 1 heterocycles. The number of hydrogen-bond acceptors (Lipinski definition) is 3. The van der Waals surface area contributed by atoms with Gasteiger partial charge >= 0.3 is 0 Å². The first-order valence-corrected chi connectivity index (χ1v) is 7.83. The van der Waals surface area contributed by atoms with Crippen LogP contribution in [0.4, 0.5) is 5.69 Å². The molecular weight excluding hydrogens is 304 g/mol. The molecule has 3 aromatic rings. The van der Waals surface area contributed by atoms with Crippen LogP contribution in [-0.4, -0.2) is 31.2 Å². The molecule has 0 spiro atoms. The number of amides is 1. The smallest absolute Gasteiger partial charge is 0.228 e. The molecular formula is C19H20N2O3. The number of aromatic nitrogens is 1. The van der Waals surface area contributed by atoms with Gasteiger partial charge in [0.15, 0.2) is 0 Å². The molecule has 124 valence electrons. The number of methoxy groups -OCH3 is 1. The molecule has 0 atom stereocenters. The Morgan fingerprint density at radius 2 is 1.88 bits per heavy atom. The number of anilines is 1. The molecule has 1 amide bonds. The van der Waals surface area contributed by atoms with Crippen molar-refractivity contribution in [2.45, 2.75) is 6.42 Å². The summed E-state index contributed by atoms with van der Waals surface area (Å²) in [7, 11) is 1.63. The van der Waals surface area contributed by atoms with Gasteiger partial charge in [0, 0.05) is 29.9 Å². The summed E-state index contributed by atoms with van der Waals surface area (Å²) >= 11 is 0. The van der Waals surface area contributed by atoms with Crippen LogP contribution in [0.1, 0.15) is 5.56 Å². The summed E-state index contributed by atoms with van der Waals surface area (Å²) in [5.41, 5.74) is 2.78. The number of rotatable bonds is 7. The first-order chi connectivity index (χ1) is 11.8. The number of H-pyrrole nitrogens is 1. The van der Waals surface area contributed by atoms with Gasteiger partial charge in [-0.05, 0) is 35.9 Å². The second-order valence-corrected chi connectivity index (χ2v) is 5.45. The first-order valence-electron chi connectivity index (χ1n) is 7.83. The normalized spacial score (nSPS) is 10.7. The summed E-state index contributed by atoms with van der Waals surface area (Å²) in [6.07, 6.45) is 2.22. The third kappa shape index (κ3) is 3.94. The highest BCUT2D eigenvalue weighted by atomic mass is 16.5. The van der Waals surface area contributed by atoms with Crippen molar-refractivity contribution in [1.82, 2.24) is 4.98 Å². The van der Waals surface area contributed by atoms with E-state index in [4.69, 9.17) is 9.47 Å². The van der Waals surface area contributed by atoms with Crippen molar-refractivity contribution in [1.29, 1.82) is 0 Å². The molecule has 0 aliphatic heterocycles. The summed E-state index contributed by atoms with van der Waals surface area (Å²) in [6.45, 7) is 1.05. The Hall–Kier alpha value is -2.79. The van der Waals surface area contributed by atoms with Crippen molar-refractivity contribution < 1.29 is 14.3 Å². The lowest BCUT2D eigenvalue weighted by atomic mass is 10.1. The van der Waals surface area contributed by atoms with Crippen molar-refractivity contribution in [3.05, 3.63) is 60.3 Å². The summed E-state index contributed by atoms with van der Waals surface area (Å²) in [5.74, 6) is 0.703. The molecule has 0 unspecified atom stereocenters. The van der Waals surface area contributed by atoms with Crippen LogP contribution < -0.4 is 10.1 Å². The number of hydrogen-bond donors (Lipinski definition) is 2. The second kappa shape index (κ2) is 7.66. The highest BCUT2D eigenvalue weighted by molar-refractivity contribution is 5.95. The number of nitrogens with one attached hydrogen (secondary N) is 2. The fraction of sp³-hybridized carbons (Fsp3) is 0.211. The Labute approximate surface area is 140 Å². The average molecular weight is 324 g/mol. The van der Waals surface area contributed by atoms with Crippen molar-refractivity contribution in [2.24, 2.45) is 0 Å². The number of aromatic amines is 1. The monoisotopic (exact) mass is 324 g/mol. The van der Waals surface area contributed by atoms with Crippen LogP contribution in [0.5, 0.6) is 5.75 Å². The van der Waals surface area contributed by atoms with E-state index >= 15 is 0 Å². The zero-order valence-electron chi connectivity index (χ0n) is 13.5. The standard InChI is InChI=1S/C19H20N2O3/c1-23-10-11-24-16-8-6-15(7-9-16)21-19(22)12-14-13-20-18-5-3-2-4-17(14)18/h2-9,13,20H,10-12H2,1H3,(H,21,22). The number of benzene rings is 2. The maximum atomic E-state index is 12.2. The minimum Gasteiger partial charge on any atom is -0.491 e. The predicted molar refractivity (Wildman–Crippen MR) is 94.4 cm³/mol. The number of carbonyl (C=O) groups is 1. The lowest BCUT2D eigenvalue weighted by Crippen LogP contribution is -2.14. The lowest BCUT2D eigenvalue weighted by molar-refractivity contribution is -0.115. The van der Waals surface area contributed by atoms with Gasteiger partial charge in [0.05, 0.1) is 13.0 Å². The molecule has 5 nitrogen and oxygen atoms in total. The third-order valence-corrected chi connectivity index (χ3v) is 3.72. The molecule has 1 aromatic heterocycles. The van der Waals surface area contributed by atoms with E-state index in [-0.39, 0.29) is 5.91 Å². The highest BCUT2D eigenvalue weighted by Gasteiger charge is 2.09. The van der Waals surface area contributed by atoms with Gasteiger partial charge in [-0.15, -0.1) is 0 Å². The van der Waals surface area contributed by atoms with Crippen molar-refractivity contribution >= 4 is 22.5 Å². The summed E-state index contributed by atoms with van der Waals surface area (Å²) in [4.78, 5) is 15.4.